The largest absolute Gasteiger partial charge is 0.320 e. The number of hydrogen-bond acceptors (Lipinski definition) is 1. The first kappa shape index (κ1) is 15.8. The highest BCUT2D eigenvalue weighted by Crippen LogP contribution is 2.38. The van der Waals surface area contributed by atoms with Gasteiger partial charge < -0.3 is 5.32 Å². The molecular weight excluding hydrogens is 254 g/mol. The zero-order chi connectivity index (χ0) is 15.1. The van der Waals surface area contributed by atoms with Crippen molar-refractivity contribution >= 4 is 0 Å². The summed E-state index contributed by atoms with van der Waals surface area (Å²) in [5, 5.41) is 3.26. The molecule has 0 fully saturated rings. The second-order valence-electron chi connectivity index (χ2n) is 5.68. The SMILES string of the molecule is C=CC1=C(/C=C\C)CCc2ccccc2C1CCCNC. The van der Waals surface area contributed by atoms with Crippen molar-refractivity contribution in [1.29, 1.82) is 0 Å². The fourth-order valence-electron chi connectivity index (χ4n) is 3.35. The highest BCUT2D eigenvalue weighted by Gasteiger charge is 2.22. The molecule has 0 radical (unpaired) electrons. The Bertz CT molecular complexity index is 537. The van der Waals surface area contributed by atoms with E-state index in [1.54, 1.807) is 0 Å². The number of allylic oxidation sites excluding steroid dienone is 5. The number of hydrogen-bond donors (Lipinski definition) is 1. The van der Waals surface area contributed by atoms with Crippen LogP contribution in [0.3, 0.4) is 0 Å². The smallest absolute Gasteiger partial charge is 0.00950 e. The van der Waals surface area contributed by atoms with Crippen LogP contribution < -0.4 is 5.32 Å². The summed E-state index contributed by atoms with van der Waals surface area (Å²) < 4.78 is 0. The minimum atomic E-state index is 0.487. The van der Waals surface area contributed by atoms with Gasteiger partial charge in [0.2, 0.25) is 0 Å². The maximum Gasteiger partial charge on any atom is 0.00950 e. The second-order valence-corrected chi connectivity index (χ2v) is 5.68. The van der Waals surface area contributed by atoms with Crippen LogP contribution in [0.5, 0.6) is 0 Å². The van der Waals surface area contributed by atoms with Gasteiger partial charge in [-0.15, -0.1) is 0 Å². The number of nitrogens with one attached hydrogen (secondary N) is 1. The molecule has 0 aromatic heterocycles. The summed E-state index contributed by atoms with van der Waals surface area (Å²) in [4.78, 5) is 0. The van der Waals surface area contributed by atoms with E-state index in [1.807, 2.05) is 7.05 Å². The van der Waals surface area contributed by atoms with E-state index < -0.39 is 0 Å². The molecule has 21 heavy (non-hydrogen) atoms. The van der Waals surface area contributed by atoms with Gasteiger partial charge in [0.15, 0.2) is 0 Å². The van der Waals surface area contributed by atoms with Crippen molar-refractivity contribution in [2.45, 2.75) is 38.5 Å². The minimum Gasteiger partial charge on any atom is -0.320 e. The van der Waals surface area contributed by atoms with Crippen LogP contribution in [0.2, 0.25) is 0 Å². The predicted molar refractivity (Wildman–Crippen MR) is 92.7 cm³/mol. The first-order valence-corrected chi connectivity index (χ1v) is 8.02. The lowest BCUT2D eigenvalue weighted by Gasteiger charge is -2.21. The van der Waals surface area contributed by atoms with Gasteiger partial charge in [-0.3, -0.25) is 0 Å². The Morgan fingerprint density at radius 3 is 2.81 bits per heavy atom. The van der Waals surface area contributed by atoms with Gasteiger partial charge in [0.1, 0.15) is 0 Å². The molecule has 0 aliphatic heterocycles. The molecule has 1 aromatic carbocycles. The lowest BCUT2D eigenvalue weighted by Crippen LogP contribution is -2.11. The van der Waals surface area contributed by atoms with Crippen molar-refractivity contribution in [1.82, 2.24) is 5.32 Å². The highest BCUT2D eigenvalue weighted by atomic mass is 14.8. The van der Waals surface area contributed by atoms with Crippen LogP contribution in [0, 0.1) is 0 Å². The number of aryl methyl sites for hydroxylation is 1. The van der Waals surface area contributed by atoms with E-state index in [2.05, 4.69) is 61.3 Å². The van der Waals surface area contributed by atoms with Crippen molar-refractivity contribution < 1.29 is 0 Å². The van der Waals surface area contributed by atoms with E-state index in [-0.39, 0.29) is 0 Å². The molecule has 1 aliphatic carbocycles. The molecule has 1 N–H and O–H groups in total. The average Bonchev–Trinajstić information content (AvgIpc) is 2.66. The molecule has 1 heteroatoms. The van der Waals surface area contributed by atoms with Crippen molar-refractivity contribution in [3.63, 3.8) is 0 Å². The summed E-state index contributed by atoms with van der Waals surface area (Å²) in [6, 6.07) is 8.93. The fourth-order valence-corrected chi connectivity index (χ4v) is 3.35. The number of rotatable bonds is 6. The van der Waals surface area contributed by atoms with Gasteiger partial charge in [-0.25, -0.2) is 0 Å². The van der Waals surface area contributed by atoms with Gasteiger partial charge in [0, 0.05) is 5.92 Å². The standard InChI is InChI=1S/C20H27N/c1-4-9-16-13-14-17-10-6-7-11-19(17)20(18(16)5-2)12-8-15-21-3/h4-7,9-11,20-21H,2,8,12-15H2,1,3H3/b9-4-. The number of fused-ring (bicyclic) bond motifs is 1. The van der Waals surface area contributed by atoms with Crippen molar-refractivity contribution in [3.8, 4) is 0 Å². The zero-order valence-corrected chi connectivity index (χ0v) is 13.4. The van der Waals surface area contributed by atoms with Crippen LogP contribution in [0.25, 0.3) is 0 Å². The fraction of sp³-hybridized carbons (Fsp3) is 0.400. The van der Waals surface area contributed by atoms with E-state index in [9.17, 15) is 0 Å². The molecule has 2 rings (SSSR count). The summed E-state index contributed by atoms with van der Waals surface area (Å²) in [5.41, 5.74) is 5.89. The van der Waals surface area contributed by atoms with Crippen molar-refractivity contribution in [3.05, 3.63) is 71.3 Å². The molecule has 0 bridgehead atoms. The van der Waals surface area contributed by atoms with E-state index >= 15 is 0 Å². The Balaban J connectivity index is 2.42. The molecule has 0 heterocycles. The topological polar surface area (TPSA) is 12.0 Å². The minimum absolute atomic E-state index is 0.487. The van der Waals surface area contributed by atoms with Crippen molar-refractivity contribution in [2.24, 2.45) is 0 Å². The average molecular weight is 281 g/mol. The molecule has 1 atom stereocenters. The molecule has 1 unspecified atom stereocenters. The van der Waals surface area contributed by atoms with Crippen LogP contribution in [-0.4, -0.2) is 13.6 Å². The maximum absolute atomic E-state index is 4.10. The van der Waals surface area contributed by atoms with E-state index in [0.29, 0.717) is 5.92 Å². The van der Waals surface area contributed by atoms with Gasteiger partial charge in [0.25, 0.3) is 0 Å². The second kappa shape index (κ2) is 7.99. The summed E-state index contributed by atoms with van der Waals surface area (Å²) in [6.45, 7) is 7.27. The third kappa shape index (κ3) is 3.74. The summed E-state index contributed by atoms with van der Waals surface area (Å²) in [6.07, 6.45) is 11.1. The quantitative estimate of drug-likeness (QED) is 0.740. The third-order valence-corrected chi connectivity index (χ3v) is 4.35. The van der Waals surface area contributed by atoms with Gasteiger partial charge in [-0.1, -0.05) is 49.1 Å². The number of benzene rings is 1. The molecule has 0 amide bonds. The van der Waals surface area contributed by atoms with Crippen LogP contribution in [0.1, 0.15) is 43.2 Å². The first-order chi connectivity index (χ1) is 10.3. The first-order valence-electron chi connectivity index (χ1n) is 8.02. The van der Waals surface area contributed by atoms with Gasteiger partial charge in [-0.2, -0.15) is 0 Å². The molecule has 1 aromatic rings. The summed E-state index contributed by atoms with van der Waals surface area (Å²) in [5.74, 6) is 0.487. The lowest BCUT2D eigenvalue weighted by molar-refractivity contribution is 0.626. The lowest BCUT2D eigenvalue weighted by atomic mass is 9.84. The molecule has 1 nitrogen and oxygen atoms in total. The van der Waals surface area contributed by atoms with Gasteiger partial charge in [0.05, 0.1) is 0 Å². The van der Waals surface area contributed by atoms with Crippen LogP contribution in [0.4, 0.5) is 0 Å². The summed E-state index contributed by atoms with van der Waals surface area (Å²) in [7, 11) is 2.02. The monoisotopic (exact) mass is 281 g/mol. The predicted octanol–water partition coefficient (Wildman–Crippen LogP) is 4.77. The molecule has 1 aliphatic rings. The van der Waals surface area contributed by atoms with Gasteiger partial charge >= 0.3 is 0 Å². The maximum atomic E-state index is 4.10. The Hall–Kier alpha value is -1.60. The summed E-state index contributed by atoms with van der Waals surface area (Å²) >= 11 is 0. The molecule has 0 spiro atoms. The van der Waals surface area contributed by atoms with Crippen LogP contribution in [-0.2, 0) is 6.42 Å². The normalized spacial score (nSPS) is 18.7. The molecule has 0 saturated heterocycles. The Kier molecular flexibility index (Phi) is 6.01. The van der Waals surface area contributed by atoms with E-state index in [1.165, 1.54) is 35.1 Å². The highest BCUT2D eigenvalue weighted by molar-refractivity contribution is 5.47. The van der Waals surface area contributed by atoms with Crippen molar-refractivity contribution in [2.75, 3.05) is 13.6 Å². The molecular formula is C20H27N. The van der Waals surface area contributed by atoms with Crippen LogP contribution >= 0.6 is 0 Å². The van der Waals surface area contributed by atoms with E-state index in [4.69, 9.17) is 0 Å². The van der Waals surface area contributed by atoms with Gasteiger partial charge in [-0.05, 0) is 68.5 Å². The Labute approximate surface area is 129 Å². The zero-order valence-electron chi connectivity index (χ0n) is 13.4. The molecule has 112 valence electrons. The Morgan fingerprint density at radius 2 is 2.10 bits per heavy atom. The van der Waals surface area contributed by atoms with E-state index in [0.717, 1.165) is 19.4 Å². The van der Waals surface area contributed by atoms with Crippen LogP contribution in [0.15, 0.2) is 60.2 Å². The molecule has 0 saturated carbocycles. The third-order valence-electron chi connectivity index (χ3n) is 4.35. The Morgan fingerprint density at radius 1 is 1.29 bits per heavy atom.